The molecule has 0 radical (unpaired) electrons. The van der Waals surface area contributed by atoms with Gasteiger partial charge in [0.2, 0.25) is 0 Å². The van der Waals surface area contributed by atoms with Crippen LogP contribution >= 0.6 is 0 Å². The molecule has 2 aromatic rings. The minimum atomic E-state index is 0.577. The lowest BCUT2D eigenvalue weighted by molar-refractivity contribution is 0.342. The van der Waals surface area contributed by atoms with Gasteiger partial charge in [0.25, 0.3) is 0 Å². The highest BCUT2D eigenvalue weighted by molar-refractivity contribution is 5.98. The summed E-state index contributed by atoms with van der Waals surface area (Å²) in [5, 5.41) is 7.79. The van der Waals surface area contributed by atoms with Crippen LogP contribution in [0.25, 0.3) is 11.0 Å². The summed E-state index contributed by atoms with van der Waals surface area (Å²) in [4.78, 5) is 8.79. The van der Waals surface area contributed by atoms with E-state index in [2.05, 4.69) is 20.2 Å². The van der Waals surface area contributed by atoms with E-state index in [4.69, 9.17) is 4.74 Å². The van der Waals surface area contributed by atoms with Gasteiger partial charge in [-0.25, -0.2) is 4.98 Å². The quantitative estimate of drug-likeness (QED) is 0.470. The molecule has 0 amide bonds. The fourth-order valence-electron chi connectivity index (χ4n) is 1.40. The number of nitrogens with zero attached hydrogens (tertiary/aromatic N) is 4. The normalized spacial score (nSPS) is 12.2. The number of fused-ring (bicyclic) bond motifs is 1. The van der Waals surface area contributed by atoms with Crippen molar-refractivity contribution in [2.45, 2.75) is 13.8 Å². The van der Waals surface area contributed by atoms with Crippen LogP contribution in [0, 0.1) is 0 Å². The molecule has 0 aliphatic carbocycles. The third-order valence-electron chi connectivity index (χ3n) is 2.32. The molecule has 0 saturated heterocycles. The SMILES string of the molecule is CCO/C=N\N=C(\C)c1cnc2ccccc2n1. The number of para-hydroxylation sites is 2. The number of hydrogen-bond donors (Lipinski definition) is 0. The van der Waals surface area contributed by atoms with Crippen molar-refractivity contribution in [2.24, 2.45) is 10.2 Å². The highest BCUT2D eigenvalue weighted by Crippen LogP contribution is 2.09. The van der Waals surface area contributed by atoms with Crippen molar-refractivity contribution < 1.29 is 4.74 Å². The monoisotopic (exact) mass is 242 g/mol. The molecule has 0 aliphatic heterocycles. The first-order valence-electron chi connectivity index (χ1n) is 5.71. The fourth-order valence-corrected chi connectivity index (χ4v) is 1.40. The van der Waals surface area contributed by atoms with Crippen LogP contribution in [-0.4, -0.2) is 28.7 Å². The third-order valence-corrected chi connectivity index (χ3v) is 2.32. The van der Waals surface area contributed by atoms with E-state index in [1.165, 1.54) is 6.40 Å². The minimum Gasteiger partial charge on any atom is -0.482 e. The largest absolute Gasteiger partial charge is 0.482 e. The fraction of sp³-hybridized carbons (Fsp3) is 0.231. The molecule has 2 rings (SSSR count). The van der Waals surface area contributed by atoms with E-state index in [9.17, 15) is 0 Å². The summed E-state index contributed by atoms with van der Waals surface area (Å²) >= 11 is 0. The maximum atomic E-state index is 4.96. The molecule has 1 aromatic carbocycles. The number of hydrogen-bond acceptors (Lipinski definition) is 5. The second-order valence-electron chi connectivity index (χ2n) is 3.61. The predicted molar refractivity (Wildman–Crippen MR) is 71.9 cm³/mol. The van der Waals surface area contributed by atoms with Crippen molar-refractivity contribution in [3.63, 3.8) is 0 Å². The van der Waals surface area contributed by atoms with Gasteiger partial charge in [-0.15, -0.1) is 5.10 Å². The molecule has 0 atom stereocenters. The number of rotatable bonds is 4. The van der Waals surface area contributed by atoms with Crippen LogP contribution in [-0.2, 0) is 4.74 Å². The van der Waals surface area contributed by atoms with Crippen LogP contribution < -0.4 is 0 Å². The molecular formula is C13H14N4O. The van der Waals surface area contributed by atoms with E-state index >= 15 is 0 Å². The maximum Gasteiger partial charge on any atom is 0.195 e. The van der Waals surface area contributed by atoms with Gasteiger partial charge in [0.15, 0.2) is 6.40 Å². The topological polar surface area (TPSA) is 59.7 Å². The number of aromatic nitrogens is 2. The van der Waals surface area contributed by atoms with Gasteiger partial charge in [-0.05, 0) is 26.0 Å². The molecule has 0 saturated carbocycles. The second-order valence-corrected chi connectivity index (χ2v) is 3.61. The van der Waals surface area contributed by atoms with E-state index in [0.717, 1.165) is 11.0 Å². The summed E-state index contributed by atoms with van der Waals surface area (Å²) in [6.45, 7) is 4.30. The zero-order valence-corrected chi connectivity index (χ0v) is 10.4. The van der Waals surface area contributed by atoms with Crippen molar-refractivity contribution in [2.75, 3.05) is 6.61 Å². The van der Waals surface area contributed by atoms with Gasteiger partial charge in [-0.3, -0.25) is 4.98 Å². The van der Waals surface area contributed by atoms with E-state index in [1.54, 1.807) is 6.20 Å². The molecule has 0 aliphatic rings. The van der Waals surface area contributed by atoms with Crippen LogP contribution in [0.3, 0.4) is 0 Å². The highest BCUT2D eigenvalue weighted by atomic mass is 16.5. The molecule has 1 aromatic heterocycles. The van der Waals surface area contributed by atoms with Gasteiger partial charge >= 0.3 is 0 Å². The zero-order chi connectivity index (χ0) is 12.8. The number of ether oxygens (including phenoxy) is 1. The predicted octanol–water partition coefficient (Wildman–Crippen LogP) is 2.42. The second kappa shape index (κ2) is 5.86. The third kappa shape index (κ3) is 2.88. The van der Waals surface area contributed by atoms with Crippen LogP contribution in [0.4, 0.5) is 0 Å². The molecule has 5 heteroatoms. The van der Waals surface area contributed by atoms with Crippen molar-refractivity contribution in [3.05, 3.63) is 36.2 Å². The van der Waals surface area contributed by atoms with Crippen molar-refractivity contribution >= 4 is 23.1 Å². The Morgan fingerprint density at radius 3 is 2.89 bits per heavy atom. The summed E-state index contributed by atoms with van der Waals surface area (Å²) in [5.41, 5.74) is 3.12. The molecular weight excluding hydrogens is 228 g/mol. The molecule has 0 bridgehead atoms. The van der Waals surface area contributed by atoms with Crippen molar-refractivity contribution in [3.8, 4) is 0 Å². The Kier molecular flexibility index (Phi) is 3.96. The lowest BCUT2D eigenvalue weighted by atomic mass is 10.2. The molecule has 92 valence electrons. The number of benzene rings is 1. The first kappa shape index (κ1) is 12.2. The smallest absolute Gasteiger partial charge is 0.195 e. The standard InChI is InChI=1S/C13H14N4O/c1-3-18-9-15-17-10(2)13-8-14-11-6-4-5-7-12(11)16-13/h4-9H,3H2,1-2H3/b15-9-,17-10-. The summed E-state index contributed by atoms with van der Waals surface area (Å²) in [6.07, 6.45) is 3.01. The Bertz CT molecular complexity index is 592. The first-order chi connectivity index (χ1) is 8.81. The molecule has 0 fully saturated rings. The first-order valence-corrected chi connectivity index (χ1v) is 5.71. The van der Waals surface area contributed by atoms with Gasteiger partial charge in [0.05, 0.1) is 29.5 Å². The average Bonchev–Trinajstić information content (AvgIpc) is 2.43. The summed E-state index contributed by atoms with van der Waals surface area (Å²) in [7, 11) is 0. The summed E-state index contributed by atoms with van der Waals surface area (Å²) < 4.78 is 4.96. The summed E-state index contributed by atoms with van der Waals surface area (Å²) in [5.74, 6) is 0. The minimum absolute atomic E-state index is 0.577. The molecule has 5 nitrogen and oxygen atoms in total. The highest BCUT2D eigenvalue weighted by Gasteiger charge is 2.01. The Labute approximate surface area is 105 Å². The van der Waals surface area contributed by atoms with Gasteiger partial charge in [0.1, 0.15) is 5.69 Å². The maximum absolute atomic E-state index is 4.96. The zero-order valence-electron chi connectivity index (χ0n) is 10.4. The molecule has 0 N–H and O–H groups in total. The van der Waals surface area contributed by atoms with Crippen LogP contribution in [0.5, 0.6) is 0 Å². The Morgan fingerprint density at radius 2 is 2.11 bits per heavy atom. The van der Waals surface area contributed by atoms with Crippen molar-refractivity contribution in [1.82, 2.24) is 9.97 Å². The van der Waals surface area contributed by atoms with Gasteiger partial charge in [-0.2, -0.15) is 5.10 Å². The lowest BCUT2D eigenvalue weighted by Crippen LogP contribution is -1.99. The Morgan fingerprint density at radius 1 is 1.33 bits per heavy atom. The molecule has 18 heavy (non-hydrogen) atoms. The lowest BCUT2D eigenvalue weighted by Gasteiger charge is -2.00. The summed E-state index contributed by atoms with van der Waals surface area (Å²) in [6, 6.07) is 7.71. The van der Waals surface area contributed by atoms with E-state index in [-0.39, 0.29) is 0 Å². The van der Waals surface area contributed by atoms with E-state index < -0.39 is 0 Å². The van der Waals surface area contributed by atoms with Crippen LogP contribution in [0.15, 0.2) is 40.7 Å². The van der Waals surface area contributed by atoms with Crippen LogP contribution in [0.1, 0.15) is 19.5 Å². The molecule has 0 spiro atoms. The van der Waals surface area contributed by atoms with Gasteiger partial charge < -0.3 is 4.74 Å². The molecule has 0 unspecified atom stereocenters. The van der Waals surface area contributed by atoms with Gasteiger partial charge in [-0.1, -0.05) is 12.1 Å². The van der Waals surface area contributed by atoms with Crippen LogP contribution in [0.2, 0.25) is 0 Å². The average molecular weight is 242 g/mol. The van der Waals surface area contributed by atoms with Gasteiger partial charge in [0, 0.05) is 0 Å². The van der Waals surface area contributed by atoms with E-state index in [1.807, 2.05) is 38.1 Å². The van der Waals surface area contributed by atoms with Crippen molar-refractivity contribution in [1.29, 1.82) is 0 Å². The van der Waals surface area contributed by atoms with E-state index in [0.29, 0.717) is 18.0 Å². The molecule has 1 heterocycles. The Balaban J connectivity index is 2.25. The Hall–Kier alpha value is -2.30.